The molecule has 7 nitrogen and oxygen atoms in total. The molecule has 0 atom stereocenters. The van der Waals surface area contributed by atoms with Crippen molar-refractivity contribution in [3.63, 3.8) is 0 Å². The average Bonchev–Trinajstić information content (AvgIpc) is 3.46. The lowest BCUT2D eigenvalue weighted by Crippen LogP contribution is -2.42. The summed E-state index contributed by atoms with van der Waals surface area (Å²) >= 11 is 0. The van der Waals surface area contributed by atoms with Gasteiger partial charge in [0.2, 0.25) is 0 Å². The van der Waals surface area contributed by atoms with E-state index in [-0.39, 0.29) is 17.3 Å². The second-order valence-electron chi connectivity index (χ2n) is 7.93. The molecule has 0 amide bonds. The summed E-state index contributed by atoms with van der Waals surface area (Å²) in [6.45, 7) is 0.501. The van der Waals surface area contributed by atoms with Gasteiger partial charge in [-0.15, -0.1) is 0 Å². The number of hydrogen-bond acceptors (Lipinski definition) is 4. The fourth-order valence-electron chi connectivity index (χ4n) is 4.57. The van der Waals surface area contributed by atoms with E-state index in [4.69, 9.17) is 4.74 Å². The van der Waals surface area contributed by atoms with E-state index in [1.165, 1.54) is 9.13 Å². The smallest absolute Gasteiger partial charge is 0.337 e. The minimum Gasteiger partial charge on any atom is -0.495 e. The SMILES string of the molecule is COc1ccccc1-n1c(=O)n(C2CCCC2)c(=O)c2c1ncn2Cc1ccccc1. The molecule has 0 aliphatic heterocycles. The van der Waals surface area contributed by atoms with Gasteiger partial charge in [0, 0.05) is 12.6 Å². The third kappa shape index (κ3) is 3.26. The van der Waals surface area contributed by atoms with Gasteiger partial charge >= 0.3 is 5.69 Å². The van der Waals surface area contributed by atoms with E-state index < -0.39 is 0 Å². The molecular formula is C24H24N4O3. The van der Waals surface area contributed by atoms with Gasteiger partial charge in [0.05, 0.1) is 19.1 Å². The highest BCUT2D eigenvalue weighted by atomic mass is 16.5. The lowest BCUT2D eigenvalue weighted by atomic mass is 10.2. The molecule has 0 bridgehead atoms. The molecule has 7 heteroatoms. The van der Waals surface area contributed by atoms with E-state index in [0.29, 0.717) is 29.1 Å². The highest BCUT2D eigenvalue weighted by Crippen LogP contribution is 2.29. The second-order valence-corrected chi connectivity index (χ2v) is 7.93. The number of fused-ring (bicyclic) bond motifs is 1. The van der Waals surface area contributed by atoms with E-state index in [2.05, 4.69) is 4.98 Å². The van der Waals surface area contributed by atoms with Crippen LogP contribution in [0.1, 0.15) is 37.3 Å². The predicted octanol–water partition coefficient (Wildman–Crippen LogP) is 3.52. The third-order valence-corrected chi connectivity index (χ3v) is 6.06. The van der Waals surface area contributed by atoms with Crippen LogP contribution in [0, 0.1) is 0 Å². The van der Waals surface area contributed by atoms with Crippen LogP contribution in [-0.2, 0) is 6.54 Å². The Balaban J connectivity index is 1.82. The molecule has 0 unspecified atom stereocenters. The molecule has 0 saturated heterocycles. The van der Waals surface area contributed by atoms with Crippen LogP contribution in [0.25, 0.3) is 16.9 Å². The van der Waals surface area contributed by atoms with E-state index >= 15 is 0 Å². The zero-order chi connectivity index (χ0) is 21.4. The predicted molar refractivity (Wildman–Crippen MR) is 119 cm³/mol. The summed E-state index contributed by atoms with van der Waals surface area (Å²) in [6.07, 6.45) is 5.35. The van der Waals surface area contributed by atoms with Crippen molar-refractivity contribution in [2.24, 2.45) is 0 Å². The highest BCUT2D eigenvalue weighted by molar-refractivity contribution is 5.73. The van der Waals surface area contributed by atoms with E-state index in [1.807, 2.05) is 53.1 Å². The van der Waals surface area contributed by atoms with E-state index in [1.54, 1.807) is 19.5 Å². The number of ether oxygens (including phenoxy) is 1. The van der Waals surface area contributed by atoms with Gasteiger partial charge in [0.15, 0.2) is 11.2 Å². The van der Waals surface area contributed by atoms with Gasteiger partial charge in [-0.25, -0.2) is 14.3 Å². The summed E-state index contributed by atoms with van der Waals surface area (Å²) in [5.74, 6) is 0.556. The van der Waals surface area contributed by atoms with E-state index in [9.17, 15) is 9.59 Å². The van der Waals surface area contributed by atoms with Crippen molar-refractivity contribution in [3.8, 4) is 11.4 Å². The largest absolute Gasteiger partial charge is 0.495 e. The molecule has 0 spiro atoms. The normalized spacial score (nSPS) is 14.4. The number of nitrogens with zero attached hydrogens (tertiary/aromatic N) is 4. The van der Waals surface area contributed by atoms with Crippen LogP contribution in [0.4, 0.5) is 0 Å². The maximum Gasteiger partial charge on any atom is 0.337 e. The fourth-order valence-corrected chi connectivity index (χ4v) is 4.57. The first-order valence-corrected chi connectivity index (χ1v) is 10.6. The van der Waals surface area contributed by atoms with Gasteiger partial charge in [-0.2, -0.15) is 0 Å². The Kier molecular flexibility index (Phi) is 4.94. The Labute approximate surface area is 179 Å². The summed E-state index contributed by atoms with van der Waals surface area (Å²) < 4.78 is 10.3. The standard InChI is InChI=1S/C24H24N4O3/c1-31-20-14-8-7-13-19(20)28-22-21(23(29)27(24(28)30)18-11-5-6-12-18)26(16-25-22)15-17-9-3-2-4-10-17/h2-4,7-10,13-14,16,18H,5-6,11-12,15H2,1H3. The Hall–Kier alpha value is -3.61. The lowest BCUT2D eigenvalue weighted by Gasteiger charge is -2.18. The van der Waals surface area contributed by atoms with Crippen LogP contribution in [-0.4, -0.2) is 25.8 Å². The van der Waals surface area contributed by atoms with Crippen LogP contribution >= 0.6 is 0 Å². The van der Waals surface area contributed by atoms with Crippen LogP contribution in [0.15, 0.2) is 70.5 Å². The summed E-state index contributed by atoms with van der Waals surface area (Å²) in [5, 5.41) is 0. The molecule has 5 rings (SSSR count). The quantitative estimate of drug-likeness (QED) is 0.499. The number of aromatic nitrogens is 4. The van der Waals surface area contributed by atoms with Gasteiger partial charge in [-0.3, -0.25) is 9.36 Å². The minimum absolute atomic E-state index is 0.0922. The summed E-state index contributed by atoms with van der Waals surface area (Å²) in [4.78, 5) is 31.8. The maximum atomic E-state index is 13.6. The molecule has 158 valence electrons. The second kappa shape index (κ2) is 7.91. The highest BCUT2D eigenvalue weighted by Gasteiger charge is 2.26. The molecule has 31 heavy (non-hydrogen) atoms. The topological polar surface area (TPSA) is 71.1 Å². The van der Waals surface area contributed by atoms with Gasteiger partial charge in [0.25, 0.3) is 5.56 Å². The Morgan fingerprint density at radius 3 is 2.45 bits per heavy atom. The minimum atomic E-state index is -0.362. The van der Waals surface area contributed by atoms with Crippen molar-refractivity contribution in [1.82, 2.24) is 18.7 Å². The Morgan fingerprint density at radius 2 is 1.71 bits per heavy atom. The summed E-state index contributed by atoms with van der Waals surface area (Å²) in [6, 6.07) is 17.2. The molecule has 2 heterocycles. The van der Waals surface area contributed by atoms with Crippen molar-refractivity contribution in [1.29, 1.82) is 0 Å². The molecule has 2 aromatic heterocycles. The van der Waals surface area contributed by atoms with Gasteiger partial charge < -0.3 is 9.30 Å². The zero-order valence-corrected chi connectivity index (χ0v) is 17.4. The summed E-state index contributed by atoms with van der Waals surface area (Å²) in [5.41, 5.74) is 1.79. The third-order valence-electron chi connectivity index (χ3n) is 6.06. The maximum absolute atomic E-state index is 13.6. The van der Waals surface area contributed by atoms with Crippen LogP contribution < -0.4 is 16.0 Å². The number of benzene rings is 2. The molecule has 2 aromatic carbocycles. The van der Waals surface area contributed by atoms with Gasteiger partial charge in [-0.1, -0.05) is 55.3 Å². The lowest BCUT2D eigenvalue weighted by molar-refractivity contribution is 0.411. The van der Waals surface area contributed by atoms with Crippen molar-refractivity contribution < 1.29 is 4.74 Å². The number of methoxy groups -OCH3 is 1. The number of para-hydroxylation sites is 2. The number of imidazole rings is 1. The molecule has 1 fully saturated rings. The summed E-state index contributed by atoms with van der Waals surface area (Å²) in [7, 11) is 1.57. The zero-order valence-electron chi connectivity index (χ0n) is 17.4. The molecular weight excluding hydrogens is 392 g/mol. The van der Waals surface area contributed by atoms with Gasteiger partial charge in [0.1, 0.15) is 5.75 Å². The van der Waals surface area contributed by atoms with Crippen molar-refractivity contribution in [2.45, 2.75) is 38.3 Å². The Bertz CT molecular complexity index is 1350. The monoisotopic (exact) mass is 416 g/mol. The molecule has 1 aliphatic rings. The first-order chi connectivity index (χ1) is 15.2. The van der Waals surface area contributed by atoms with Crippen molar-refractivity contribution in [3.05, 3.63) is 87.3 Å². The fraction of sp³-hybridized carbons (Fsp3) is 0.292. The first-order valence-electron chi connectivity index (χ1n) is 10.6. The molecule has 1 aliphatic carbocycles. The number of rotatable bonds is 5. The molecule has 1 saturated carbocycles. The Morgan fingerprint density at radius 1 is 1.00 bits per heavy atom. The van der Waals surface area contributed by atoms with Crippen LogP contribution in [0.2, 0.25) is 0 Å². The first kappa shape index (κ1) is 19.4. The number of hydrogen-bond donors (Lipinski definition) is 0. The molecule has 4 aromatic rings. The average molecular weight is 416 g/mol. The van der Waals surface area contributed by atoms with Gasteiger partial charge in [-0.05, 0) is 30.5 Å². The van der Waals surface area contributed by atoms with Crippen molar-refractivity contribution in [2.75, 3.05) is 7.11 Å². The van der Waals surface area contributed by atoms with E-state index in [0.717, 1.165) is 31.2 Å². The van der Waals surface area contributed by atoms with Crippen LogP contribution in [0.3, 0.4) is 0 Å². The van der Waals surface area contributed by atoms with Crippen LogP contribution in [0.5, 0.6) is 5.75 Å². The molecule has 0 radical (unpaired) electrons. The molecule has 0 N–H and O–H groups in total. The van der Waals surface area contributed by atoms with Crippen molar-refractivity contribution >= 4 is 11.2 Å².